The fourth-order valence-electron chi connectivity index (χ4n) is 4.43. The van der Waals surface area contributed by atoms with Gasteiger partial charge in [-0.05, 0) is 42.7 Å². The molecule has 1 saturated heterocycles. The number of carbonyl (C=O) groups is 2. The molecule has 1 amide bonds. The molecule has 7 heteroatoms. The first-order valence-corrected chi connectivity index (χ1v) is 10.1. The molecule has 1 aliphatic rings. The maximum absolute atomic E-state index is 13.4. The lowest BCUT2D eigenvalue weighted by molar-refractivity contribution is 0.0703. The minimum absolute atomic E-state index is 0.104. The van der Waals surface area contributed by atoms with Gasteiger partial charge in [0.05, 0.1) is 11.3 Å². The Bertz CT molecular complexity index is 1280. The van der Waals surface area contributed by atoms with Crippen LogP contribution in [0.1, 0.15) is 50.9 Å². The van der Waals surface area contributed by atoms with Crippen molar-refractivity contribution in [3.8, 4) is 0 Å². The van der Waals surface area contributed by atoms with Crippen LogP contribution in [-0.4, -0.2) is 49.8 Å². The van der Waals surface area contributed by atoms with E-state index in [-0.39, 0.29) is 11.8 Å². The number of aromatic nitrogens is 4. The standard InChI is InChI=1S/C23H21N5O2/c1-15-11-21(28-23(26-15)24-14-25-28)17-6-4-10-27(12-17)22(30)19-9-8-16-5-2-3-7-18(16)20(19)13-29/h2-3,5,7-9,11,13-14,17H,4,6,10,12H2,1H3/t17-/m1/s1. The first kappa shape index (κ1) is 18.4. The highest BCUT2D eigenvalue weighted by Gasteiger charge is 2.29. The number of piperidine rings is 1. The Morgan fingerprint density at radius 2 is 2.07 bits per heavy atom. The highest BCUT2D eigenvalue weighted by molar-refractivity contribution is 6.09. The Labute approximate surface area is 173 Å². The zero-order chi connectivity index (χ0) is 20.7. The molecule has 1 atom stereocenters. The molecule has 150 valence electrons. The summed E-state index contributed by atoms with van der Waals surface area (Å²) in [5, 5.41) is 6.08. The first-order valence-electron chi connectivity index (χ1n) is 10.1. The van der Waals surface area contributed by atoms with Crippen molar-refractivity contribution >= 4 is 28.7 Å². The lowest BCUT2D eigenvalue weighted by Crippen LogP contribution is -2.40. The van der Waals surface area contributed by atoms with Crippen LogP contribution in [0.15, 0.2) is 48.8 Å². The van der Waals surface area contributed by atoms with E-state index in [4.69, 9.17) is 0 Å². The number of nitrogens with zero attached hydrogens (tertiary/aromatic N) is 5. The minimum Gasteiger partial charge on any atom is -0.338 e. The summed E-state index contributed by atoms with van der Waals surface area (Å²) in [5.41, 5.74) is 2.81. The van der Waals surface area contributed by atoms with E-state index in [9.17, 15) is 9.59 Å². The number of aldehydes is 1. The molecule has 2 aromatic heterocycles. The van der Waals surface area contributed by atoms with Gasteiger partial charge in [-0.3, -0.25) is 9.59 Å². The van der Waals surface area contributed by atoms with Crippen molar-refractivity contribution in [1.29, 1.82) is 0 Å². The van der Waals surface area contributed by atoms with Crippen LogP contribution >= 0.6 is 0 Å². The summed E-state index contributed by atoms with van der Waals surface area (Å²) in [6.07, 6.45) is 4.14. The van der Waals surface area contributed by atoms with Crippen molar-refractivity contribution in [2.45, 2.75) is 25.7 Å². The Balaban J connectivity index is 1.49. The number of carbonyl (C=O) groups excluding carboxylic acids is 2. The normalized spacial score (nSPS) is 16.8. The molecule has 0 unspecified atom stereocenters. The molecule has 0 radical (unpaired) electrons. The Morgan fingerprint density at radius 1 is 1.20 bits per heavy atom. The summed E-state index contributed by atoms with van der Waals surface area (Å²) >= 11 is 0. The van der Waals surface area contributed by atoms with Crippen LogP contribution in [0.25, 0.3) is 16.6 Å². The van der Waals surface area contributed by atoms with E-state index in [1.807, 2.05) is 48.2 Å². The molecule has 30 heavy (non-hydrogen) atoms. The van der Waals surface area contributed by atoms with Crippen molar-refractivity contribution in [3.05, 3.63) is 71.3 Å². The molecule has 0 saturated carbocycles. The lowest BCUT2D eigenvalue weighted by atomic mass is 9.92. The van der Waals surface area contributed by atoms with Crippen molar-refractivity contribution in [2.75, 3.05) is 13.1 Å². The van der Waals surface area contributed by atoms with Gasteiger partial charge in [0, 0.05) is 30.3 Å². The number of rotatable bonds is 3. The second kappa shape index (κ2) is 7.33. The van der Waals surface area contributed by atoms with Crippen molar-refractivity contribution in [1.82, 2.24) is 24.5 Å². The largest absolute Gasteiger partial charge is 0.338 e. The predicted molar refractivity (Wildman–Crippen MR) is 113 cm³/mol. The average Bonchev–Trinajstić information content (AvgIpc) is 3.25. The van der Waals surface area contributed by atoms with Crippen LogP contribution in [0.5, 0.6) is 0 Å². The van der Waals surface area contributed by atoms with E-state index in [2.05, 4.69) is 15.1 Å². The second-order valence-electron chi connectivity index (χ2n) is 7.75. The molecule has 0 spiro atoms. The number of hydrogen-bond acceptors (Lipinski definition) is 5. The highest BCUT2D eigenvalue weighted by Crippen LogP contribution is 2.29. The van der Waals surface area contributed by atoms with Gasteiger partial charge < -0.3 is 4.90 Å². The van der Waals surface area contributed by atoms with Gasteiger partial charge in [0.25, 0.3) is 11.7 Å². The molecular weight excluding hydrogens is 378 g/mol. The highest BCUT2D eigenvalue weighted by atomic mass is 16.2. The summed E-state index contributed by atoms with van der Waals surface area (Å²) in [4.78, 5) is 35.7. The van der Waals surface area contributed by atoms with Gasteiger partial charge in [0.15, 0.2) is 6.29 Å². The van der Waals surface area contributed by atoms with E-state index in [1.54, 1.807) is 10.6 Å². The zero-order valence-electron chi connectivity index (χ0n) is 16.7. The molecule has 0 bridgehead atoms. The quantitative estimate of drug-likeness (QED) is 0.493. The fourth-order valence-corrected chi connectivity index (χ4v) is 4.43. The topological polar surface area (TPSA) is 80.5 Å². The van der Waals surface area contributed by atoms with Gasteiger partial charge in [0.1, 0.15) is 6.33 Å². The minimum atomic E-state index is -0.104. The summed E-state index contributed by atoms with van der Waals surface area (Å²) in [6, 6.07) is 13.3. The third kappa shape index (κ3) is 3.03. The van der Waals surface area contributed by atoms with Crippen molar-refractivity contribution < 1.29 is 9.59 Å². The molecule has 4 aromatic rings. The molecule has 5 rings (SSSR count). The maximum atomic E-state index is 13.4. The van der Waals surface area contributed by atoms with E-state index >= 15 is 0 Å². The van der Waals surface area contributed by atoms with Crippen LogP contribution < -0.4 is 0 Å². The van der Waals surface area contributed by atoms with Gasteiger partial charge in [0.2, 0.25) is 0 Å². The number of amides is 1. The molecule has 7 nitrogen and oxygen atoms in total. The number of benzene rings is 2. The molecule has 1 fully saturated rings. The number of hydrogen-bond donors (Lipinski definition) is 0. The van der Waals surface area contributed by atoms with Crippen LogP contribution in [-0.2, 0) is 0 Å². The van der Waals surface area contributed by atoms with Crippen molar-refractivity contribution in [3.63, 3.8) is 0 Å². The SMILES string of the molecule is Cc1cc([C@@H]2CCCN(C(=O)c3ccc4ccccc4c3C=O)C2)n2ncnc2n1. The van der Waals surface area contributed by atoms with Crippen LogP contribution in [0.3, 0.4) is 0 Å². The molecule has 1 aliphatic heterocycles. The summed E-state index contributed by atoms with van der Waals surface area (Å²) in [7, 11) is 0. The fraction of sp³-hybridized carbons (Fsp3) is 0.261. The maximum Gasteiger partial charge on any atom is 0.254 e. The average molecular weight is 399 g/mol. The Morgan fingerprint density at radius 3 is 2.93 bits per heavy atom. The molecule has 0 N–H and O–H groups in total. The van der Waals surface area contributed by atoms with E-state index in [1.165, 1.54) is 6.33 Å². The van der Waals surface area contributed by atoms with Crippen LogP contribution in [0, 0.1) is 6.92 Å². The predicted octanol–water partition coefficient (Wildman–Crippen LogP) is 3.42. The van der Waals surface area contributed by atoms with Gasteiger partial charge in [-0.15, -0.1) is 0 Å². The number of likely N-dealkylation sites (tertiary alicyclic amines) is 1. The molecular formula is C23H21N5O2. The summed E-state index contributed by atoms with van der Waals surface area (Å²) in [5.74, 6) is 0.605. The van der Waals surface area contributed by atoms with Gasteiger partial charge in [-0.1, -0.05) is 30.3 Å². The van der Waals surface area contributed by atoms with Gasteiger partial charge >= 0.3 is 0 Å². The third-order valence-corrected chi connectivity index (χ3v) is 5.85. The number of fused-ring (bicyclic) bond motifs is 2. The van der Waals surface area contributed by atoms with E-state index in [0.29, 0.717) is 30.0 Å². The Kier molecular flexibility index (Phi) is 4.50. The number of aryl methyl sites for hydroxylation is 1. The zero-order valence-corrected chi connectivity index (χ0v) is 16.7. The summed E-state index contributed by atoms with van der Waals surface area (Å²) in [6.45, 7) is 3.18. The smallest absolute Gasteiger partial charge is 0.254 e. The van der Waals surface area contributed by atoms with Crippen molar-refractivity contribution in [2.24, 2.45) is 0 Å². The third-order valence-electron chi connectivity index (χ3n) is 5.85. The van der Waals surface area contributed by atoms with Gasteiger partial charge in [-0.2, -0.15) is 10.1 Å². The Hall–Kier alpha value is -3.61. The van der Waals surface area contributed by atoms with Crippen LogP contribution in [0.2, 0.25) is 0 Å². The van der Waals surface area contributed by atoms with Crippen LogP contribution in [0.4, 0.5) is 0 Å². The first-order chi connectivity index (χ1) is 14.7. The molecule has 0 aliphatic carbocycles. The second-order valence-corrected chi connectivity index (χ2v) is 7.75. The van der Waals surface area contributed by atoms with E-state index < -0.39 is 0 Å². The van der Waals surface area contributed by atoms with Gasteiger partial charge in [-0.25, -0.2) is 9.50 Å². The lowest BCUT2D eigenvalue weighted by Gasteiger charge is -2.33. The summed E-state index contributed by atoms with van der Waals surface area (Å²) < 4.78 is 1.76. The monoisotopic (exact) mass is 399 g/mol. The molecule has 2 aromatic carbocycles. The molecule has 3 heterocycles. The van der Waals surface area contributed by atoms with E-state index in [0.717, 1.165) is 41.3 Å².